The number of aryl methyl sites for hydroxylation is 1. The second-order valence-electron chi connectivity index (χ2n) is 10.9. The van der Waals surface area contributed by atoms with Crippen molar-refractivity contribution in [2.75, 3.05) is 0 Å². The van der Waals surface area contributed by atoms with E-state index in [4.69, 9.17) is 0 Å². The number of hydrogen-bond donors (Lipinski definition) is 0. The van der Waals surface area contributed by atoms with Gasteiger partial charge in [0, 0.05) is 11.0 Å². The van der Waals surface area contributed by atoms with Crippen LogP contribution in [0.4, 0.5) is 0 Å². The van der Waals surface area contributed by atoms with E-state index >= 15 is 0 Å². The number of rotatable bonds is 2. The third-order valence-corrected chi connectivity index (χ3v) is 8.52. The molecule has 6 aromatic carbocycles. The molecule has 0 amide bonds. The van der Waals surface area contributed by atoms with Gasteiger partial charge in [0.05, 0.1) is 11.6 Å². The molecule has 0 bridgehead atoms. The van der Waals surface area contributed by atoms with Crippen LogP contribution in [0, 0.1) is 18.3 Å². The smallest absolute Gasteiger partial charge is 0.0998 e. The van der Waals surface area contributed by atoms with Crippen LogP contribution >= 0.6 is 0 Å². The van der Waals surface area contributed by atoms with Gasteiger partial charge in [0.25, 0.3) is 0 Å². The highest BCUT2D eigenvalue weighted by molar-refractivity contribution is 6.15. The average Bonchev–Trinajstić information content (AvgIpc) is 3.20. The summed E-state index contributed by atoms with van der Waals surface area (Å²) in [6, 6.07) is 41.7. The van der Waals surface area contributed by atoms with Crippen LogP contribution in [0.1, 0.15) is 36.1 Å². The predicted octanol–water partition coefficient (Wildman–Crippen LogP) is 9.81. The first kappa shape index (κ1) is 22.5. The summed E-state index contributed by atoms with van der Waals surface area (Å²) in [5.41, 5.74) is 11.7. The lowest BCUT2D eigenvalue weighted by atomic mass is 9.81. The van der Waals surface area contributed by atoms with Crippen LogP contribution in [-0.4, -0.2) is 0 Å². The van der Waals surface area contributed by atoms with Gasteiger partial charge in [-0.05, 0) is 85.1 Å². The van der Waals surface area contributed by atoms with Crippen molar-refractivity contribution in [2.45, 2.75) is 26.2 Å². The molecule has 0 saturated carbocycles. The van der Waals surface area contributed by atoms with Crippen molar-refractivity contribution in [3.05, 3.63) is 131 Å². The first-order valence-corrected chi connectivity index (χ1v) is 13.2. The largest absolute Gasteiger partial charge is 0.192 e. The standard InChI is InChI=1S/C37H27N/c1-23-28-10-4-5-11-29(28)30-12-6-7-13-31(30)35(23)25-17-15-24(16-18-25)26-19-20-32-34(21-26)37(2,3)33-14-8-9-27(22-38)36(32)33/h4-21H,1-3H3. The lowest BCUT2D eigenvalue weighted by molar-refractivity contribution is 0.660. The van der Waals surface area contributed by atoms with Crippen molar-refractivity contribution < 1.29 is 0 Å². The van der Waals surface area contributed by atoms with Crippen molar-refractivity contribution in [3.8, 4) is 39.4 Å². The fourth-order valence-electron chi connectivity index (χ4n) is 6.58. The van der Waals surface area contributed by atoms with E-state index in [9.17, 15) is 5.26 Å². The normalized spacial score (nSPS) is 13.3. The molecule has 180 valence electrons. The minimum atomic E-state index is -0.144. The molecule has 38 heavy (non-hydrogen) atoms. The number of nitrogens with zero attached hydrogens (tertiary/aromatic N) is 1. The molecule has 0 heterocycles. The average molecular weight is 486 g/mol. The fraction of sp³-hybridized carbons (Fsp3) is 0.108. The van der Waals surface area contributed by atoms with Crippen LogP contribution in [0.15, 0.2) is 109 Å². The van der Waals surface area contributed by atoms with Gasteiger partial charge in [-0.3, -0.25) is 0 Å². The van der Waals surface area contributed by atoms with Crippen molar-refractivity contribution in [3.63, 3.8) is 0 Å². The number of nitriles is 1. The Balaban J connectivity index is 1.35. The summed E-state index contributed by atoms with van der Waals surface area (Å²) < 4.78 is 0. The molecule has 0 fully saturated rings. The zero-order valence-corrected chi connectivity index (χ0v) is 21.8. The Morgan fingerprint density at radius 2 is 1.16 bits per heavy atom. The third-order valence-electron chi connectivity index (χ3n) is 8.52. The van der Waals surface area contributed by atoms with E-state index in [-0.39, 0.29) is 5.41 Å². The van der Waals surface area contributed by atoms with Gasteiger partial charge < -0.3 is 0 Å². The molecule has 1 aliphatic rings. The zero-order chi connectivity index (χ0) is 26.0. The van der Waals surface area contributed by atoms with Crippen LogP contribution < -0.4 is 0 Å². The second kappa shape index (κ2) is 8.17. The first-order chi connectivity index (χ1) is 18.5. The number of fused-ring (bicyclic) bond motifs is 6. The van der Waals surface area contributed by atoms with E-state index in [1.54, 1.807) is 0 Å². The summed E-state index contributed by atoms with van der Waals surface area (Å²) in [7, 11) is 0. The van der Waals surface area contributed by atoms with Gasteiger partial charge in [0.15, 0.2) is 0 Å². The van der Waals surface area contributed by atoms with Crippen LogP contribution in [-0.2, 0) is 5.41 Å². The van der Waals surface area contributed by atoms with Crippen LogP contribution in [0.5, 0.6) is 0 Å². The maximum atomic E-state index is 9.74. The Bertz CT molecular complexity index is 1950. The topological polar surface area (TPSA) is 23.8 Å². The van der Waals surface area contributed by atoms with Crippen molar-refractivity contribution in [1.82, 2.24) is 0 Å². The second-order valence-corrected chi connectivity index (χ2v) is 10.9. The number of benzene rings is 6. The van der Waals surface area contributed by atoms with Crippen LogP contribution in [0.3, 0.4) is 0 Å². The van der Waals surface area contributed by atoms with Gasteiger partial charge >= 0.3 is 0 Å². The van der Waals surface area contributed by atoms with Gasteiger partial charge in [0.2, 0.25) is 0 Å². The highest BCUT2D eigenvalue weighted by Gasteiger charge is 2.36. The van der Waals surface area contributed by atoms with Crippen LogP contribution in [0.25, 0.3) is 54.9 Å². The molecular formula is C37H27N. The number of hydrogen-bond acceptors (Lipinski definition) is 1. The van der Waals surface area contributed by atoms with Gasteiger partial charge in [-0.2, -0.15) is 5.26 Å². The van der Waals surface area contributed by atoms with Crippen LogP contribution in [0.2, 0.25) is 0 Å². The minimum absolute atomic E-state index is 0.144. The summed E-state index contributed by atoms with van der Waals surface area (Å²) in [6.45, 7) is 6.77. The van der Waals surface area contributed by atoms with Crippen molar-refractivity contribution >= 4 is 21.5 Å². The molecule has 0 aliphatic heterocycles. The maximum Gasteiger partial charge on any atom is 0.0998 e. The molecule has 6 aromatic rings. The molecule has 0 saturated heterocycles. The SMILES string of the molecule is Cc1c(-c2ccc(-c3ccc4c(c3)C(C)(C)c3cccc(C#N)c3-4)cc2)c2ccccc2c2ccccc12. The first-order valence-electron chi connectivity index (χ1n) is 13.2. The molecule has 0 spiro atoms. The fourth-order valence-corrected chi connectivity index (χ4v) is 6.58. The van der Waals surface area contributed by atoms with Crippen molar-refractivity contribution in [2.24, 2.45) is 0 Å². The summed E-state index contributed by atoms with van der Waals surface area (Å²) in [4.78, 5) is 0. The summed E-state index contributed by atoms with van der Waals surface area (Å²) in [6.07, 6.45) is 0. The minimum Gasteiger partial charge on any atom is -0.192 e. The lowest BCUT2D eigenvalue weighted by Gasteiger charge is -2.22. The van der Waals surface area contributed by atoms with E-state index in [0.29, 0.717) is 0 Å². The van der Waals surface area contributed by atoms with Gasteiger partial charge in [-0.25, -0.2) is 0 Å². The molecule has 0 N–H and O–H groups in total. The summed E-state index contributed by atoms with van der Waals surface area (Å²) in [5, 5.41) is 14.9. The Labute approximate surface area is 223 Å². The van der Waals surface area contributed by atoms with Gasteiger partial charge in [-0.1, -0.05) is 111 Å². The molecular weight excluding hydrogens is 458 g/mol. The molecule has 0 radical (unpaired) electrons. The Hall–Kier alpha value is -4.67. The quantitative estimate of drug-likeness (QED) is 0.224. The molecule has 1 aliphatic carbocycles. The van der Waals surface area contributed by atoms with Gasteiger partial charge in [-0.15, -0.1) is 0 Å². The Morgan fingerprint density at radius 3 is 1.87 bits per heavy atom. The van der Waals surface area contributed by atoms with E-state index in [1.807, 2.05) is 12.1 Å². The predicted molar refractivity (Wildman–Crippen MR) is 159 cm³/mol. The van der Waals surface area contributed by atoms with E-state index in [0.717, 1.165) is 11.1 Å². The molecule has 0 unspecified atom stereocenters. The van der Waals surface area contributed by atoms with E-state index in [2.05, 4.69) is 124 Å². The molecule has 7 rings (SSSR count). The summed E-state index contributed by atoms with van der Waals surface area (Å²) >= 11 is 0. The van der Waals surface area contributed by atoms with Crippen molar-refractivity contribution in [1.29, 1.82) is 5.26 Å². The highest BCUT2D eigenvalue weighted by atomic mass is 14.4. The van der Waals surface area contributed by atoms with E-state index < -0.39 is 0 Å². The Morgan fingerprint density at radius 1 is 0.553 bits per heavy atom. The zero-order valence-electron chi connectivity index (χ0n) is 21.8. The van der Waals surface area contributed by atoms with E-state index in [1.165, 1.54) is 66.1 Å². The molecule has 1 nitrogen and oxygen atoms in total. The third kappa shape index (κ3) is 3.11. The molecule has 1 heteroatoms. The summed E-state index contributed by atoms with van der Waals surface area (Å²) in [5.74, 6) is 0. The molecule has 0 atom stereocenters. The molecule has 0 aromatic heterocycles. The lowest BCUT2D eigenvalue weighted by Crippen LogP contribution is -2.15. The van der Waals surface area contributed by atoms with Gasteiger partial charge in [0.1, 0.15) is 0 Å². The Kier molecular flexibility index (Phi) is 4.84. The highest BCUT2D eigenvalue weighted by Crippen LogP contribution is 2.51. The maximum absolute atomic E-state index is 9.74. The monoisotopic (exact) mass is 485 g/mol.